The van der Waals surface area contributed by atoms with E-state index in [1.54, 1.807) is 0 Å². The number of nitrogens with zero attached hydrogens (tertiary/aromatic N) is 2. The molecule has 1 heterocycles. The lowest BCUT2D eigenvalue weighted by atomic mass is 10.1. The summed E-state index contributed by atoms with van der Waals surface area (Å²) in [5.41, 5.74) is 3.94. The fourth-order valence-corrected chi connectivity index (χ4v) is 3.10. The Morgan fingerprint density at radius 1 is 1.21 bits per heavy atom. The van der Waals surface area contributed by atoms with Crippen LogP contribution in [0.3, 0.4) is 0 Å². The lowest BCUT2D eigenvalue weighted by Gasteiger charge is -2.30. The molecule has 1 aliphatic heterocycles. The smallest absolute Gasteiger partial charge is 0.0604 e. The van der Waals surface area contributed by atoms with Gasteiger partial charge in [-0.1, -0.05) is 24.6 Å². The second kappa shape index (κ2) is 5.93. The van der Waals surface area contributed by atoms with Gasteiger partial charge in [0.15, 0.2) is 0 Å². The van der Waals surface area contributed by atoms with E-state index in [-0.39, 0.29) is 12.6 Å². The summed E-state index contributed by atoms with van der Waals surface area (Å²) in [5.74, 6) is 0.613. The van der Waals surface area contributed by atoms with Crippen LogP contribution in [0.1, 0.15) is 18.1 Å². The molecule has 1 saturated heterocycles. The van der Waals surface area contributed by atoms with Crippen LogP contribution in [-0.4, -0.2) is 49.3 Å². The summed E-state index contributed by atoms with van der Waals surface area (Å²) >= 11 is 0. The highest BCUT2D eigenvalue weighted by Gasteiger charge is 2.26. The predicted octanol–water partition coefficient (Wildman–Crippen LogP) is 2.05. The van der Waals surface area contributed by atoms with Crippen LogP contribution in [0.2, 0.25) is 0 Å². The summed E-state index contributed by atoms with van der Waals surface area (Å²) in [6.45, 7) is 9.83. The normalized spacial score (nSPS) is 25.4. The second-order valence-corrected chi connectivity index (χ2v) is 6.08. The average Bonchev–Trinajstić information content (AvgIpc) is 2.47. The molecule has 1 N–H and O–H groups in total. The Balaban J connectivity index is 2.26. The van der Waals surface area contributed by atoms with Gasteiger partial charge in [0.05, 0.1) is 6.61 Å². The molecule has 1 aromatic carbocycles. The number of hydrogen-bond acceptors (Lipinski definition) is 3. The standard InChI is InChI=1S/C16H26N2O/c1-12-5-6-16(14(3)7-12)18-9-13(2)8-17(4)15(10-18)11-19/h5-7,13,15,19H,8-11H2,1-4H3. The molecule has 1 aliphatic rings. The fraction of sp³-hybridized carbons (Fsp3) is 0.625. The van der Waals surface area contributed by atoms with Gasteiger partial charge in [-0.25, -0.2) is 0 Å². The van der Waals surface area contributed by atoms with E-state index in [0.717, 1.165) is 19.6 Å². The average molecular weight is 262 g/mol. The molecular weight excluding hydrogens is 236 g/mol. The van der Waals surface area contributed by atoms with Crippen molar-refractivity contribution in [3.63, 3.8) is 0 Å². The number of anilines is 1. The van der Waals surface area contributed by atoms with Crippen LogP contribution in [0.15, 0.2) is 18.2 Å². The van der Waals surface area contributed by atoms with E-state index in [0.29, 0.717) is 5.92 Å². The molecule has 2 atom stereocenters. The molecule has 0 spiro atoms. The SMILES string of the molecule is Cc1ccc(N2CC(C)CN(C)C(CO)C2)c(C)c1. The minimum atomic E-state index is 0.227. The Labute approximate surface area is 116 Å². The van der Waals surface area contributed by atoms with E-state index in [2.05, 4.69) is 55.8 Å². The van der Waals surface area contributed by atoms with Crippen LogP contribution < -0.4 is 4.90 Å². The van der Waals surface area contributed by atoms with Gasteiger partial charge in [-0.3, -0.25) is 4.90 Å². The predicted molar refractivity (Wildman–Crippen MR) is 80.8 cm³/mol. The molecule has 0 bridgehead atoms. The van der Waals surface area contributed by atoms with Crippen molar-refractivity contribution in [2.24, 2.45) is 5.92 Å². The van der Waals surface area contributed by atoms with Crippen molar-refractivity contribution in [3.05, 3.63) is 29.3 Å². The van der Waals surface area contributed by atoms with E-state index in [4.69, 9.17) is 0 Å². The molecule has 0 saturated carbocycles. The minimum Gasteiger partial charge on any atom is -0.395 e. The van der Waals surface area contributed by atoms with E-state index in [9.17, 15) is 5.11 Å². The Kier molecular flexibility index (Phi) is 4.48. The van der Waals surface area contributed by atoms with Gasteiger partial charge < -0.3 is 10.0 Å². The van der Waals surface area contributed by atoms with Gasteiger partial charge in [0, 0.05) is 31.4 Å². The number of aryl methyl sites for hydroxylation is 2. The number of likely N-dealkylation sites (N-methyl/N-ethyl adjacent to an activating group) is 1. The summed E-state index contributed by atoms with van der Waals surface area (Å²) in [5, 5.41) is 9.58. The van der Waals surface area contributed by atoms with Crippen LogP contribution in [0.4, 0.5) is 5.69 Å². The Morgan fingerprint density at radius 3 is 2.58 bits per heavy atom. The van der Waals surface area contributed by atoms with Crippen molar-refractivity contribution in [2.75, 3.05) is 38.2 Å². The largest absolute Gasteiger partial charge is 0.395 e. The summed E-state index contributed by atoms with van der Waals surface area (Å²) in [4.78, 5) is 4.72. The van der Waals surface area contributed by atoms with Crippen LogP contribution in [-0.2, 0) is 0 Å². The number of aliphatic hydroxyl groups excluding tert-OH is 1. The van der Waals surface area contributed by atoms with Crippen LogP contribution >= 0.6 is 0 Å². The highest BCUT2D eigenvalue weighted by atomic mass is 16.3. The number of aliphatic hydroxyl groups is 1. The number of benzene rings is 1. The molecule has 0 amide bonds. The highest BCUT2D eigenvalue weighted by molar-refractivity contribution is 5.54. The zero-order chi connectivity index (χ0) is 14.0. The maximum absolute atomic E-state index is 9.58. The zero-order valence-electron chi connectivity index (χ0n) is 12.6. The van der Waals surface area contributed by atoms with Gasteiger partial charge in [-0.05, 0) is 38.4 Å². The quantitative estimate of drug-likeness (QED) is 0.883. The van der Waals surface area contributed by atoms with E-state index < -0.39 is 0 Å². The van der Waals surface area contributed by atoms with Gasteiger partial charge in [-0.15, -0.1) is 0 Å². The topological polar surface area (TPSA) is 26.7 Å². The second-order valence-electron chi connectivity index (χ2n) is 6.08. The van der Waals surface area contributed by atoms with Crippen molar-refractivity contribution in [1.29, 1.82) is 0 Å². The van der Waals surface area contributed by atoms with Gasteiger partial charge in [0.2, 0.25) is 0 Å². The first-order valence-electron chi connectivity index (χ1n) is 7.14. The van der Waals surface area contributed by atoms with Crippen molar-refractivity contribution >= 4 is 5.69 Å². The van der Waals surface area contributed by atoms with Crippen molar-refractivity contribution in [1.82, 2.24) is 4.90 Å². The third-order valence-corrected chi connectivity index (χ3v) is 4.09. The van der Waals surface area contributed by atoms with Gasteiger partial charge in [0.1, 0.15) is 0 Å². The molecule has 0 radical (unpaired) electrons. The number of rotatable bonds is 2. The zero-order valence-corrected chi connectivity index (χ0v) is 12.6. The first-order valence-corrected chi connectivity index (χ1v) is 7.14. The molecule has 0 aliphatic carbocycles. The van der Waals surface area contributed by atoms with E-state index in [1.807, 2.05) is 0 Å². The molecule has 106 valence electrons. The Hall–Kier alpha value is -1.06. The molecule has 19 heavy (non-hydrogen) atoms. The van der Waals surface area contributed by atoms with E-state index in [1.165, 1.54) is 16.8 Å². The highest BCUT2D eigenvalue weighted by Crippen LogP contribution is 2.25. The molecule has 1 aromatic rings. The molecular formula is C16H26N2O. The third kappa shape index (κ3) is 3.28. The maximum Gasteiger partial charge on any atom is 0.0604 e. The molecule has 1 fully saturated rings. The molecule has 0 aromatic heterocycles. The van der Waals surface area contributed by atoms with Crippen molar-refractivity contribution < 1.29 is 5.11 Å². The summed E-state index contributed by atoms with van der Waals surface area (Å²) in [7, 11) is 2.11. The van der Waals surface area contributed by atoms with Crippen LogP contribution in [0.25, 0.3) is 0 Å². The minimum absolute atomic E-state index is 0.227. The first-order chi connectivity index (χ1) is 9.01. The molecule has 2 rings (SSSR count). The maximum atomic E-state index is 9.58. The molecule has 2 unspecified atom stereocenters. The summed E-state index contributed by atoms with van der Waals surface area (Å²) in [6, 6.07) is 6.86. The van der Waals surface area contributed by atoms with Crippen LogP contribution in [0.5, 0.6) is 0 Å². The van der Waals surface area contributed by atoms with Crippen molar-refractivity contribution in [3.8, 4) is 0 Å². The molecule has 3 nitrogen and oxygen atoms in total. The van der Waals surface area contributed by atoms with Gasteiger partial charge in [0.25, 0.3) is 0 Å². The van der Waals surface area contributed by atoms with E-state index >= 15 is 0 Å². The molecule has 3 heteroatoms. The third-order valence-electron chi connectivity index (χ3n) is 4.09. The van der Waals surface area contributed by atoms with Crippen LogP contribution in [0, 0.1) is 19.8 Å². The Morgan fingerprint density at radius 2 is 1.95 bits per heavy atom. The lowest BCUT2D eigenvalue weighted by Crippen LogP contribution is -2.41. The monoisotopic (exact) mass is 262 g/mol. The van der Waals surface area contributed by atoms with Gasteiger partial charge in [-0.2, -0.15) is 0 Å². The lowest BCUT2D eigenvalue weighted by molar-refractivity contribution is 0.151. The van der Waals surface area contributed by atoms with Crippen molar-refractivity contribution in [2.45, 2.75) is 26.8 Å². The first kappa shape index (κ1) is 14.4. The summed E-state index contributed by atoms with van der Waals surface area (Å²) < 4.78 is 0. The fourth-order valence-electron chi connectivity index (χ4n) is 3.10. The van der Waals surface area contributed by atoms with Gasteiger partial charge >= 0.3 is 0 Å². The summed E-state index contributed by atoms with van der Waals surface area (Å²) in [6.07, 6.45) is 0. The number of hydrogen-bond donors (Lipinski definition) is 1. The Bertz CT molecular complexity index is 433.